The van der Waals surface area contributed by atoms with Gasteiger partial charge in [0.1, 0.15) is 11.4 Å². The quantitative estimate of drug-likeness (QED) is 0.615. The minimum atomic E-state index is -0.723. The third-order valence-electron chi connectivity index (χ3n) is 4.02. The van der Waals surface area contributed by atoms with Crippen LogP contribution in [0.1, 0.15) is 50.2 Å². The number of benzene rings is 1. The van der Waals surface area contributed by atoms with E-state index >= 15 is 0 Å². The lowest BCUT2D eigenvalue weighted by Crippen LogP contribution is -2.31. The lowest BCUT2D eigenvalue weighted by atomic mass is 10.1. The van der Waals surface area contributed by atoms with Crippen LogP contribution < -0.4 is 5.56 Å². The molecule has 1 aromatic carbocycles. The molecule has 1 aromatic heterocycles. The molecular formula is C18H17N3O5. The Balaban J connectivity index is 1.62. The highest BCUT2D eigenvalue weighted by molar-refractivity contribution is 6.21. The van der Waals surface area contributed by atoms with Crippen molar-refractivity contribution in [2.24, 2.45) is 0 Å². The van der Waals surface area contributed by atoms with E-state index in [1.807, 2.05) is 0 Å². The predicted molar refractivity (Wildman–Crippen MR) is 90.9 cm³/mol. The molecule has 0 bridgehead atoms. The van der Waals surface area contributed by atoms with E-state index in [0.29, 0.717) is 29.8 Å². The summed E-state index contributed by atoms with van der Waals surface area (Å²) in [5.74, 6) is -0.979. The highest BCUT2D eigenvalue weighted by atomic mass is 16.5. The summed E-state index contributed by atoms with van der Waals surface area (Å²) >= 11 is 0. The zero-order valence-electron chi connectivity index (χ0n) is 14.2. The van der Waals surface area contributed by atoms with Crippen LogP contribution in [-0.4, -0.2) is 45.8 Å². The number of carbonyl (C=O) groups is 3. The number of imide groups is 1. The molecule has 26 heavy (non-hydrogen) atoms. The van der Waals surface area contributed by atoms with Gasteiger partial charge in [-0.3, -0.25) is 19.3 Å². The van der Waals surface area contributed by atoms with E-state index in [1.165, 1.54) is 11.1 Å². The Bertz CT molecular complexity index is 899. The van der Waals surface area contributed by atoms with Crippen LogP contribution >= 0.6 is 0 Å². The normalized spacial score (nSPS) is 13.0. The van der Waals surface area contributed by atoms with Crippen molar-refractivity contribution in [3.05, 3.63) is 63.3 Å². The summed E-state index contributed by atoms with van der Waals surface area (Å²) in [4.78, 5) is 55.8. The topological polar surface area (TPSA) is 109 Å². The van der Waals surface area contributed by atoms with Crippen LogP contribution in [-0.2, 0) is 11.2 Å². The molecule has 1 aliphatic heterocycles. The summed E-state index contributed by atoms with van der Waals surface area (Å²) < 4.78 is 4.77. The maximum absolute atomic E-state index is 12.3. The standard InChI is InChI=1S/C18H17N3O5/c1-2-26-18(25)13-10-19-14(20-15(13)22)8-5-9-21-16(23)11-6-3-4-7-12(11)17(21)24/h3-4,6-7,10H,2,5,8-9H2,1H3,(H,19,20,22). The summed E-state index contributed by atoms with van der Waals surface area (Å²) in [5.41, 5.74) is 0.0794. The number of fused-ring (bicyclic) bond motifs is 1. The number of rotatable bonds is 6. The van der Waals surface area contributed by atoms with Gasteiger partial charge in [0.25, 0.3) is 17.4 Å². The Morgan fingerprint density at radius 1 is 1.15 bits per heavy atom. The smallest absolute Gasteiger partial charge is 0.345 e. The predicted octanol–water partition coefficient (Wildman–Crippen LogP) is 1.18. The SMILES string of the molecule is CCOC(=O)c1cnc(CCCN2C(=O)c3ccccc3C2=O)[nH]c1=O. The van der Waals surface area contributed by atoms with Crippen LogP contribution in [0.4, 0.5) is 0 Å². The molecule has 2 aromatic rings. The molecule has 0 spiro atoms. The number of esters is 1. The average molecular weight is 355 g/mol. The van der Waals surface area contributed by atoms with Crippen LogP contribution in [0.25, 0.3) is 0 Å². The molecule has 2 amide bonds. The third kappa shape index (κ3) is 3.26. The van der Waals surface area contributed by atoms with Crippen molar-refractivity contribution >= 4 is 17.8 Å². The molecule has 0 atom stereocenters. The zero-order chi connectivity index (χ0) is 18.7. The molecule has 1 aliphatic rings. The van der Waals surface area contributed by atoms with Gasteiger partial charge < -0.3 is 9.72 Å². The Morgan fingerprint density at radius 2 is 1.81 bits per heavy atom. The first-order valence-corrected chi connectivity index (χ1v) is 8.23. The Kier molecular flexibility index (Phi) is 4.92. The van der Waals surface area contributed by atoms with Crippen molar-refractivity contribution in [2.45, 2.75) is 19.8 Å². The number of H-pyrrole nitrogens is 1. The van der Waals surface area contributed by atoms with Crippen molar-refractivity contribution in [1.29, 1.82) is 0 Å². The average Bonchev–Trinajstić information content (AvgIpc) is 2.87. The van der Waals surface area contributed by atoms with E-state index in [9.17, 15) is 19.2 Å². The van der Waals surface area contributed by atoms with Gasteiger partial charge in [0, 0.05) is 19.2 Å². The van der Waals surface area contributed by atoms with Crippen molar-refractivity contribution in [2.75, 3.05) is 13.2 Å². The molecule has 0 saturated carbocycles. The second-order valence-corrected chi connectivity index (χ2v) is 5.70. The van der Waals surface area contributed by atoms with Gasteiger partial charge in [-0.05, 0) is 25.5 Å². The largest absolute Gasteiger partial charge is 0.462 e. The lowest BCUT2D eigenvalue weighted by molar-refractivity contribution is 0.0522. The third-order valence-corrected chi connectivity index (χ3v) is 4.02. The van der Waals surface area contributed by atoms with Crippen LogP contribution in [0.2, 0.25) is 0 Å². The highest BCUT2D eigenvalue weighted by Gasteiger charge is 2.34. The first-order valence-electron chi connectivity index (χ1n) is 8.23. The number of nitrogens with zero attached hydrogens (tertiary/aromatic N) is 2. The van der Waals surface area contributed by atoms with E-state index in [2.05, 4.69) is 9.97 Å². The summed E-state index contributed by atoms with van der Waals surface area (Å²) in [5, 5.41) is 0. The first-order chi connectivity index (χ1) is 12.5. The summed E-state index contributed by atoms with van der Waals surface area (Å²) in [7, 11) is 0. The van der Waals surface area contributed by atoms with Crippen LogP contribution in [0.15, 0.2) is 35.3 Å². The molecule has 8 heteroatoms. The number of aryl methyl sites for hydroxylation is 1. The lowest BCUT2D eigenvalue weighted by Gasteiger charge is -2.13. The van der Waals surface area contributed by atoms with Crippen molar-refractivity contribution in [3.8, 4) is 0 Å². The van der Waals surface area contributed by atoms with E-state index < -0.39 is 11.5 Å². The zero-order valence-corrected chi connectivity index (χ0v) is 14.2. The van der Waals surface area contributed by atoms with Gasteiger partial charge in [-0.25, -0.2) is 9.78 Å². The van der Waals surface area contributed by atoms with Gasteiger partial charge in [0.2, 0.25) is 0 Å². The number of aromatic amines is 1. The molecule has 0 fully saturated rings. The van der Waals surface area contributed by atoms with Gasteiger partial charge in [-0.15, -0.1) is 0 Å². The fourth-order valence-electron chi connectivity index (χ4n) is 2.76. The second-order valence-electron chi connectivity index (χ2n) is 5.70. The maximum atomic E-state index is 12.3. The summed E-state index contributed by atoms with van der Waals surface area (Å²) in [6.07, 6.45) is 1.97. The molecular weight excluding hydrogens is 338 g/mol. The number of aromatic nitrogens is 2. The van der Waals surface area contributed by atoms with Gasteiger partial charge in [0.15, 0.2) is 0 Å². The number of ether oxygens (including phenoxy) is 1. The number of nitrogens with one attached hydrogen (secondary N) is 1. The molecule has 134 valence electrons. The monoisotopic (exact) mass is 355 g/mol. The molecule has 0 aliphatic carbocycles. The van der Waals surface area contributed by atoms with Crippen molar-refractivity contribution < 1.29 is 19.1 Å². The van der Waals surface area contributed by atoms with E-state index in [-0.39, 0.29) is 30.5 Å². The second kappa shape index (κ2) is 7.30. The molecule has 8 nitrogen and oxygen atoms in total. The molecule has 0 saturated heterocycles. The van der Waals surface area contributed by atoms with Crippen LogP contribution in [0.3, 0.4) is 0 Å². The fourth-order valence-corrected chi connectivity index (χ4v) is 2.76. The number of amides is 2. The van der Waals surface area contributed by atoms with Crippen LogP contribution in [0.5, 0.6) is 0 Å². The van der Waals surface area contributed by atoms with Crippen molar-refractivity contribution in [3.63, 3.8) is 0 Å². The van der Waals surface area contributed by atoms with Crippen LogP contribution in [0, 0.1) is 0 Å². The van der Waals surface area contributed by atoms with Crippen molar-refractivity contribution in [1.82, 2.24) is 14.9 Å². The summed E-state index contributed by atoms with van der Waals surface area (Å²) in [6.45, 7) is 2.03. The van der Waals surface area contributed by atoms with E-state index in [0.717, 1.165) is 0 Å². The Labute approximate surface area is 148 Å². The van der Waals surface area contributed by atoms with Gasteiger partial charge in [0.05, 0.1) is 17.7 Å². The maximum Gasteiger partial charge on any atom is 0.345 e. The molecule has 1 N–H and O–H groups in total. The van der Waals surface area contributed by atoms with Gasteiger partial charge in [-0.1, -0.05) is 12.1 Å². The summed E-state index contributed by atoms with van der Waals surface area (Å²) in [6, 6.07) is 6.69. The Morgan fingerprint density at radius 3 is 2.38 bits per heavy atom. The Hall–Kier alpha value is -3.29. The first kappa shape index (κ1) is 17.5. The van der Waals surface area contributed by atoms with E-state index in [4.69, 9.17) is 4.74 Å². The minimum Gasteiger partial charge on any atom is -0.462 e. The highest BCUT2D eigenvalue weighted by Crippen LogP contribution is 2.22. The number of hydrogen-bond donors (Lipinski definition) is 1. The molecule has 2 heterocycles. The van der Waals surface area contributed by atoms with Gasteiger partial charge >= 0.3 is 5.97 Å². The number of hydrogen-bond acceptors (Lipinski definition) is 6. The number of carbonyl (C=O) groups excluding carboxylic acids is 3. The van der Waals surface area contributed by atoms with E-state index in [1.54, 1.807) is 31.2 Å². The van der Waals surface area contributed by atoms with Gasteiger partial charge in [-0.2, -0.15) is 0 Å². The molecule has 3 rings (SSSR count). The molecule has 0 radical (unpaired) electrons. The molecule has 0 unspecified atom stereocenters. The fraction of sp³-hybridized carbons (Fsp3) is 0.278. The minimum absolute atomic E-state index is 0.157.